The van der Waals surface area contributed by atoms with Gasteiger partial charge in [-0.15, -0.1) is 0 Å². The zero-order chi connectivity index (χ0) is 12.4. The Balaban J connectivity index is 2.28. The Morgan fingerprint density at radius 1 is 1.47 bits per heavy atom. The standard InChI is InChI=1S/C14H19NO2/c1-10-5-4-6-11(9-10)13(14(16)17-3)15(2)12-7-8-12/h4-6,9,12-13H,7-8H2,1-3H3. The summed E-state index contributed by atoms with van der Waals surface area (Å²) in [6.45, 7) is 2.04. The molecule has 0 amide bonds. The molecule has 1 saturated carbocycles. The van der Waals surface area contributed by atoms with Crippen LogP contribution in [0.3, 0.4) is 0 Å². The third-order valence-corrected chi connectivity index (χ3v) is 3.31. The molecule has 1 fully saturated rings. The van der Waals surface area contributed by atoms with Gasteiger partial charge >= 0.3 is 5.97 Å². The van der Waals surface area contributed by atoms with Gasteiger partial charge in [0, 0.05) is 6.04 Å². The predicted octanol–water partition coefficient (Wildman–Crippen LogP) is 2.30. The summed E-state index contributed by atoms with van der Waals surface area (Å²) in [5, 5.41) is 0. The largest absolute Gasteiger partial charge is 0.468 e. The molecule has 0 bridgehead atoms. The molecule has 0 aromatic heterocycles. The van der Waals surface area contributed by atoms with Gasteiger partial charge in [0.1, 0.15) is 6.04 Å². The van der Waals surface area contributed by atoms with Gasteiger partial charge in [0.15, 0.2) is 0 Å². The lowest BCUT2D eigenvalue weighted by Crippen LogP contribution is -2.33. The molecular weight excluding hydrogens is 214 g/mol. The number of ether oxygens (including phenoxy) is 1. The van der Waals surface area contributed by atoms with E-state index in [9.17, 15) is 4.79 Å². The first-order valence-corrected chi connectivity index (χ1v) is 6.00. The van der Waals surface area contributed by atoms with E-state index in [1.165, 1.54) is 25.5 Å². The molecule has 2 rings (SSSR count). The molecule has 17 heavy (non-hydrogen) atoms. The topological polar surface area (TPSA) is 29.5 Å². The number of likely N-dealkylation sites (N-methyl/N-ethyl adjacent to an activating group) is 1. The monoisotopic (exact) mass is 233 g/mol. The van der Waals surface area contributed by atoms with Crippen molar-refractivity contribution in [2.75, 3.05) is 14.2 Å². The Kier molecular flexibility index (Phi) is 3.48. The molecule has 1 unspecified atom stereocenters. The number of hydrogen-bond donors (Lipinski definition) is 0. The molecule has 1 atom stereocenters. The maximum absolute atomic E-state index is 11.9. The maximum atomic E-state index is 11.9. The summed E-state index contributed by atoms with van der Waals surface area (Å²) in [5.41, 5.74) is 2.19. The quantitative estimate of drug-likeness (QED) is 0.747. The van der Waals surface area contributed by atoms with Crippen molar-refractivity contribution in [1.29, 1.82) is 0 Å². The van der Waals surface area contributed by atoms with Crippen molar-refractivity contribution in [2.45, 2.75) is 31.8 Å². The molecule has 0 N–H and O–H groups in total. The van der Waals surface area contributed by atoms with Gasteiger partial charge in [-0.2, -0.15) is 0 Å². The Bertz CT molecular complexity index is 412. The molecule has 0 radical (unpaired) electrons. The second-order valence-electron chi connectivity index (χ2n) is 4.74. The summed E-state index contributed by atoms with van der Waals surface area (Å²) in [5.74, 6) is -0.176. The molecule has 3 heteroatoms. The van der Waals surface area contributed by atoms with Crippen LogP contribution in [0.4, 0.5) is 0 Å². The van der Waals surface area contributed by atoms with E-state index in [4.69, 9.17) is 4.74 Å². The minimum Gasteiger partial charge on any atom is -0.468 e. The minimum absolute atomic E-state index is 0.176. The van der Waals surface area contributed by atoms with E-state index >= 15 is 0 Å². The average Bonchev–Trinajstić information content (AvgIpc) is 3.13. The van der Waals surface area contributed by atoms with Gasteiger partial charge in [0.2, 0.25) is 0 Å². The lowest BCUT2D eigenvalue weighted by Gasteiger charge is -2.26. The number of methoxy groups -OCH3 is 1. The summed E-state index contributed by atoms with van der Waals surface area (Å²) in [6.07, 6.45) is 2.35. The van der Waals surface area contributed by atoms with Gasteiger partial charge in [0.05, 0.1) is 7.11 Å². The fourth-order valence-corrected chi connectivity index (χ4v) is 2.18. The van der Waals surface area contributed by atoms with Gasteiger partial charge < -0.3 is 4.74 Å². The van der Waals surface area contributed by atoms with Crippen LogP contribution in [0.25, 0.3) is 0 Å². The SMILES string of the molecule is COC(=O)C(c1cccc(C)c1)N(C)C1CC1. The molecular formula is C14H19NO2. The third-order valence-electron chi connectivity index (χ3n) is 3.31. The smallest absolute Gasteiger partial charge is 0.327 e. The number of nitrogens with zero attached hydrogens (tertiary/aromatic N) is 1. The molecule has 0 aliphatic heterocycles. The van der Waals surface area contributed by atoms with E-state index in [1.54, 1.807) is 0 Å². The van der Waals surface area contributed by atoms with Crippen molar-refractivity contribution in [3.8, 4) is 0 Å². The van der Waals surface area contributed by atoms with Gasteiger partial charge in [-0.25, -0.2) is 4.79 Å². The highest BCUT2D eigenvalue weighted by Crippen LogP contribution is 2.33. The Morgan fingerprint density at radius 3 is 2.71 bits per heavy atom. The molecule has 1 aromatic carbocycles. The highest BCUT2D eigenvalue weighted by atomic mass is 16.5. The fraction of sp³-hybridized carbons (Fsp3) is 0.500. The van der Waals surface area contributed by atoms with E-state index in [0.29, 0.717) is 6.04 Å². The van der Waals surface area contributed by atoms with Crippen LogP contribution < -0.4 is 0 Å². The van der Waals surface area contributed by atoms with Gasteiger partial charge in [-0.3, -0.25) is 4.90 Å². The van der Waals surface area contributed by atoms with Crippen LogP contribution in [0, 0.1) is 6.92 Å². The first kappa shape index (κ1) is 12.1. The number of hydrogen-bond acceptors (Lipinski definition) is 3. The number of rotatable bonds is 4. The predicted molar refractivity (Wildman–Crippen MR) is 66.7 cm³/mol. The van der Waals surface area contributed by atoms with Crippen molar-refractivity contribution in [1.82, 2.24) is 4.90 Å². The first-order valence-electron chi connectivity index (χ1n) is 6.00. The molecule has 1 aliphatic rings. The Labute approximate surface area is 102 Å². The molecule has 0 saturated heterocycles. The van der Waals surface area contributed by atoms with E-state index in [2.05, 4.69) is 11.0 Å². The van der Waals surface area contributed by atoms with Crippen LogP contribution in [0.2, 0.25) is 0 Å². The lowest BCUT2D eigenvalue weighted by molar-refractivity contribution is -0.147. The lowest BCUT2D eigenvalue weighted by atomic mass is 10.0. The molecule has 1 aliphatic carbocycles. The number of aryl methyl sites for hydroxylation is 1. The maximum Gasteiger partial charge on any atom is 0.327 e. The fourth-order valence-electron chi connectivity index (χ4n) is 2.18. The molecule has 3 nitrogen and oxygen atoms in total. The van der Waals surface area contributed by atoms with Crippen LogP contribution in [0.15, 0.2) is 24.3 Å². The molecule has 0 heterocycles. The number of carbonyl (C=O) groups is 1. The zero-order valence-corrected chi connectivity index (χ0v) is 10.6. The van der Waals surface area contributed by atoms with Crippen molar-refractivity contribution in [3.05, 3.63) is 35.4 Å². The average molecular weight is 233 g/mol. The van der Waals surface area contributed by atoms with Crippen molar-refractivity contribution < 1.29 is 9.53 Å². The zero-order valence-electron chi connectivity index (χ0n) is 10.6. The van der Waals surface area contributed by atoms with Crippen LogP contribution in [0.5, 0.6) is 0 Å². The van der Waals surface area contributed by atoms with Crippen LogP contribution in [-0.4, -0.2) is 31.1 Å². The van der Waals surface area contributed by atoms with Crippen LogP contribution >= 0.6 is 0 Å². The molecule has 0 spiro atoms. The molecule has 1 aromatic rings. The van der Waals surface area contributed by atoms with Crippen LogP contribution in [-0.2, 0) is 9.53 Å². The summed E-state index contributed by atoms with van der Waals surface area (Å²) < 4.78 is 4.93. The second kappa shape index (κ2) is 4.88. The minimum atomic E-state index is -0.271. The van der Waals surface area contributed by atoms with Crippen molar-refractivity contribution in [2.24, 2.45) is 0 Å². The third kappa shape index (κ3) is 2.67. The summed E-state index contributed by atoms with van der Waals surface area (Å²) >= 11 is 0. The van der Waals surface area contributed by atoms with Crippen molar-refractivity contribution >= 4 is 5.97 Å². The molecule has 92 valence electrons. The van der Waals surface area contributed by atoms with Crippen LogP contribution in [0.1, 0.15) is 30.0 Å². The normalized spacial score (nSPS) is 16.9. The summed E-state index contributed by atoms with van der Waals surface area (Å²) in [7, 11) is 3.45. The first-order chi connectivity index (χ1) is 8.13. The number of carbonyl (C=O) groups excluding carboxylic acids is 1. The van der Waals surface area contributed by atoms with Gasteiger partial charge in [-0.05, 0) is 32.4 Å². The number of esters is 1. The van der Waals surface area contributed by atoms with Gasteiger partial charge in [0.25, 0.3) is 0 Å². The van der Waals surface area contributed by atoms with E-state index < -0.39 is 0 Å². The Morgan fingerprint density at radius 2 is 2.18 bits per heavy atom. The van der Waals surface area contributed by atoms with Gasteiger partial charge in [-0.1, -0.05) is 29.8 Å². The van der Waals surface area contributed by atoms with Crippen molar-refractivity contribution in [3.63, 3.8) is 0 Å². The van der Waals surface area contributed by atoms with E-state index in [1.807, 2.05) is 32.2 Å². The highest BCUT2D eigenvalue weighted by Gasteiger charge is 2.36. The highest BCUT2D eigenvalue weighted by molar-refractivity contribution is 5.77. The number of benzene rings is 1. The summed E-state index contributed by atoms with van der Waals surface area (Å²) in [6, 6.07) is 8.33. The second-order valence-corrected chi connectivity index (χ2v) is 4.74. The summed E-state index contributed by atoms with van der Waals surface area (Å²) in [4.78, 5) is 14.1. The Hall–Kier alpha value is -1.35. The van der Waals surface area contributed by atoms with E-state index in [0.717, 1.165) is 5.56 Å². The van der Waals surface area contributed by atoms with E-state index in [-0.39, 0.29) is 12.0 Å².